The van der Waals surface area contributed by atoms with Gasteiger partial charge in [0, 0.05) is 16.7 Å². The first-order chi connectivity index (χ1) is 17.3. The topological polar surface area (TPSA) is 89.6 Å². The maximum absolute atomic E-state index is 14.0. The van der Waals surface area contributed by atoms with Gasteiger partial charge < -0.3 is 14.4 Å². The number of aliphatic carboxylic acids is 1. The Hall–Kier alpha value is -4.26. The third-order valence-corrected chi connectivity index (χ3v) is 5.93. The third kappa shape index (κ3) is 6.05. The van der Waals surface area contributed by atoms with Gasteiger partial charge in [-0.15, -0.1) is 0 Å². The molecule has 7 heteroatoms. The van der Waals surface area contributed by atoms with Gasteiger partial charge in [-0.3, -0.25) is 9.59 Å². The molecule has 0 radical (unpaired) electrons. The molecule has 3 aromatic carbocycles. The van der Waals surface area contributed by atoms with Gasteiger partial charge in [-0.1, -0.05) is 71.9 Å². The van der Waals surface area contributed by atoms with Crippen molar-refractivity contribution in [1.82, 2.24) is 5.16 Å². The Kier molecular flexibility index (Phi) is 7.59. The fourth-order valence-corrected chi connectivity index (χ4v) is 4.11. The molecule has 1 N–H and O–H groups in total. The molecule has 0 fully saturated rings. The van der Waals surface area contributed by atoms with Crippen LogP contribution < -0.4 is 0 Å². The summed E-state index contributed by atoms with van der Waals surface area (Å²) in [6.45, 7) is 3.39. The number of benzene rings is 3. The Balaban J connectivity index is 1.45. The molecule has 4 aromatic rings. The third-order valence-electron chi connectivity index (χ3n) is 5.93. The molecule has 0 amide bonds. The van der Waals surface area contributed by atoms with E-state index >= 15 is 0 Å². The number of carboxylic acids is 1. The maximum atomic E-state index is 14.0. The van der Waals surface area contributed by atoms with Gasteiger partial charge in [0.2, 0.25) is 0 Å². The second-order valence-electron chi connectivity index (χ2n) is 8.67. The van der Waals surface area contributed by atoms with Crippen molar-refractivity contribution in [3.05, 3.63) is 112 Å². The molecule has 1 aromatic heterocycles. The van der Waals surface area contributed by atoms with Crippen LogP contribution in [-0.4, -0.2) is 22.2 Å². The molecule has 1 atom stereocenters. The molecule has 4 rings (SSSR count). The smallest absolute Gasteiger partial charge is 0.311 e. The average molecular weight is 488 g/mol. The van der Waals surface area contributed by atoms with Crippen molar-refractivity contribution in [2.75, 3.05) is 0 Å². The summed E-state index contributed by atoms with van der Waals surface area (Å²) in [7, 11) is 0. The van der Waals surface area contributed by atoms with E-state index in [0.29, 0.717) is 29.0 Å². The summed E-state index contributed by atoms with van der Waals surface area (Å²) < 4.78 is 25.0. The van der Waals surface area contributed by atoms with Crippen LogP contribution in [-0.2, 0) is 33.6 Å². The number of hydrogen-bond acceptors (Lipinski definition) is 5. The molecule has 6 nitrogen and oxygen atoms in total. The number of nitrogens with zero attached hydrogens (tertiary/aromatic N) is 1. The second-order valence-corrected chi connectivity index (χ2v) is 8.67. The van der Waals surface area contributed by atoms with E-state index in [1.54, 1.807) is 38.1 Å². The van der Waals surface area contributed by atoms with Crippen molar-refractivity contribution in [1.29, 1.82) is 0 Å². The highest BCUT2D eigenvalue weighted by Gasteiger charge is 2.21. The second kappa shape index (κ2) is 11.0. The van der Waals surface area contributed by atoms with Crippen LogP contribution in [0.3, 0.4) is 0 Å². The molecular formula is C29H26FNO5. The zero-order valence-electron chi connectivity index (χ0n) is 20.0. The summed E-state index contributed by atoms with van der Waals surface area (Å²) in [4.78, 5) is 23.6. The zero-order valence-corrected chi connectivity index (χ0v) is 20.0. The minimum atomic E-state index is -0.861. The number of ether oxygens (including phenoxy) is 1. The molecule has 0 saturated heterocycles. The van der Waals surface area contributed by atoms with Crippen LogP contribution in [0.15, 0.2) is 77.3 Å². The summed E-state index contributed by atoms with van der Waals surface area (Å²) in [5.74, 6) is -1.30. The highest BCUT2D eigenvalue weighted by molar-refractivity contribution is 5.77. The van der Waals surface area contributed by atoms with Crippen LogP contribution >= 0.6 is 0 Å². The molecule has 0 bridgehead atoms. The Bertz CT molecular complexity index is 1380. The molecule has 0 saturated carbocycles. The van der Waals surface area contributed by atoms with Gasteiger partial charge >= 0.3 is 11.9 Å². The molecule has 0 aliphatic rings. The molecule has 1 heterocycles. The number of carbonyl (C=O) groups excluding carboxylic acids is 1. The Morgan fingerprint density at radius 3 is 2.42 bits per heavy atom. The quantitative estimate of drug-likeness (QED) is 0.298. The average Bonchev–Trinajstić information content (AvgIpc) is 3.19. The fraction of sp³-hybridized carbons (Fsp3) is 0.207. The van der Waals surface area contributed by atoms with Crippen LogP contribution in [0.4, 0.5) is 4.39 Å². The number of aromatic nitrogens is 1. The van der Waals surface area contributed by atoms with E-state index < -0.39 is 23.9 Å². The summed E-state index contributed by atoms with van der Waals surface area (Å²) in [6, 6.07) is 21.4. The van der Waals surface area contributed by atoms with Crippen molar-refractivity contribution in [2.24, 2.45) is 0 Å². The van der Waals surface area contributed by atoms with Gasteiger partial charge in [-0.2, -0.15) is 0 Å². The number of carbonyl (C=O) groups is 2. The van der Waals surface area contributed by atoms with Gasteiger partial charge in [0.05, 0.1) is 18.5 Å². The first-order valence-electron chi connectivity index (χ1n) is 11.6. The molecule has 0 aliphatic carbocycles. The van der Waals surface area contributed by atoms with Crippen molar-refractivity contribution in [3.63, 3.8) is 0 Å². The maximum Gasteiger partial charge on any atom is 0.311 e. The van der Waals surface area contributed by atoms with E-state index in [4.69, 9.17) is 14.4 Å². The fourth-order valence-electron chi connectivity index (χ4n) is 4.11. The molecule has 0 unspecified atom stereocenters. The lowest BCUT2D eigenvalue weighted by Crippen LogP contribution is -2.13. The lowest BCUT2D eigenvalue weighted by Gasteiger charge is -2.14. The van der Waals surface area contributed by atoms with E-state index in [1.807, 2.05) is 42.5 Å². The number of esters is 1. The van der Waals surface area contributed by atoms with E-state index in [2.05, 4.69) is 5.16 Å². The lowest BCUT2D eigenvalue weighted by molar-refractivity contribution is -0.147. The zero-order chi connectivity index (χ0) is 25.7. The van der Waals surface area contributed by atoms with Gasteiger partial charge in [-0.05, 0) is 43.0 Å². The minimum absolute atomic E-state index is 0.0120. The van der Waals surface area contributed by atoms with Gasteiger partial charge in [0.15, 0.2) is 5.76 Å². The van der Waals surface area contributed by atoms with Crippen LogP contribution in [0.5, 0.6) is 0 Å². The lowest BCUT2D eigenvalue weighted by atomic mass is 9.99. The van der Waals surface area contributed by atoms with E-state index in [-0.39, 0.29) is 12.8 Å². The van der Waals surface area contributed by atoms with E-state index in [1.165, 1.54) is 6.07 Å². The number of hydrogen-bond donors (Lipinski definition) is 1. The summed E-state index contributed by atoms with van der Waals surface area (Å²) in [6.07, 6.45) is -0.143. The number of aryl methyl sites for hydroxylation is 1. The monoisotopic (exact) mass is 487 g/mol. The van der Waals surface area contributed by atoms with Crippen molar-refractivity contribution >= 4 is 11.9 Å². The normalized spacial score (nSPS) is 11.8. The number of halogens is 1. The van der Waals surface area contributed by atoms with Gasteiger partial charge in [0.1, 0.15) is 11.9 Å². The van der Waals surface area contributed by atoms with Crippen LogP contribution in [0, 0.1) is 12.7 Å². The van der Waals surface area contributed by atoms with E-state index in [0.717, 1.165) is 22.3 Å². The summed E-state index contributed by atoms with van der Waals surface area (Å²) in [5, 5.41) is 13.0. The van der Waals surface area contributed by atoms with Crippen molar-refractivity contribution in [2.45, 2.75) is 39.2 Å². The van der Waals surface area contributed by atoms with Gasteiger partial charge in [0.25, 0.3) is 0 Å². The molecule has 0 aliphatic heterocycles. The number of rotatable bonds is 9. The van der Waals surface area contributed by atoms with E-state index in [9.17, 15) is 14.0 Å². The first-order valence-corrected chi connectivity index (χ1v) is 11.6. The SMILES string of the molecule is Cc1noc(-c2ccc(Cc3cccc(CC(=O)O)c3)cc2)c1CC(=O)O[C@H](C)c1ccccc1F. The molecule has 184 valence electrons. The predicted octanol–water partition coefficient (Wildman–Crippen LogP) is 5.85. The van der Waals surface area contributed by atoms with Crippen LogP contribution in [0.1, 0.15) is 46.5 Å². The van der Waals surface area contributed by atoms with Gasteiger partial charge in [-0.25, -0.2) is 4.39 Å². The highest BCUT2D eigenvalue weighted by atomic mass is 19.1. The van der Waals surface area contributed by atoms with Crippen molar-refractivity contribution < 1.29 is 28.3 Å². The van der Waals surface area contributed by atoms with Crippen molar-refractivity contribution in [3.8, 4) is 11.3 Å². The summed E-state index contributed by atoms with van der Waals surface area (Å²) in [5.41, 5.74) is 5.11. The standard InChI is InChI=1S/C29H26FNO5/c1-18-25(17-28(34)35-19(2)24-8-3-4-9-26(24)30)29(36-31-18)23-12-10-20(11-13-23)14-21-6-5-7-22(15-21)16-27(32)33/h3-13,15,19H,14,16-17H2,1-2H3,(H,32,33)/t19-/m1/s1. The van der Waals surface area contributed by atoms with Crippen LogP contribution in [0.25, 0.3) is 11.3 Å². The Morgan fingerprint density at radius 2 is 1.69 bits per heavy atom. The molecular weight excluding hydrogens is 461 g/mol. The largest absolute Gasteiger partial charge is 0.481 e. The minimum Gasteiger partial charge on any atom is -0.481 e. The molecule has 0 spiro atoms. The number of carboxylic acid groups (broad SMARTS) is 1. The molecule has 36 heavy (non-hydrogen) atoms. The Labute approximate surface area is 208 Å². The highest BCUT2D eigenvalue weighted by Crippen LogP contribution is 2.29. The summed E-state index contributed by atoms with van der Waals surface area (Å²) >= 11 is 0. The Morgan fingerprint density at radius 1 is 0.972 bits per heavy atom. The first kappa shape index (κ1) is 24.9. The predicted molar refractivity (Wildman–Crippen MR) is 132 cm³/mol. The van der Waals surface area contributed by atoms with Crippen LogP contribution in [0.2, 0.25) is 0 Å².